The Bertz CT molecular complexity index is 2630. The molecular formula is C62H80Cl2N8O8. The number of likely N-dealkylation sites (tertiary alicyclic amines) is 2. The molecule has 0 unspecified atom stereocenters. The van der Waals surface area contributed by atoms with E-state index in [4.69, 9.17) is 0 Å². The molecule has 0 aromatic heterocycles. The number of carbonyl (C=O) groups excluding carboxylic acids is 8. The first-order chi connectivity index (χ1) is 37.7. The molecule has 2 saturated heterocycles. The van der Waals surface area contributed by atoms with Crippen LogP contribution < -0.4 is 31.9 Å². The summed E-state index contributed by atoms with van der Waals surface area (Å²) >= 11 is 0. The minimum atomic E-state index is -0.951. The molecule has 4 aromatic rings. The van der Waals surface area contributed by atoms with E-state index in [2.05, 4.69) is 56.2 Å². The van der Waals surface area contributed by atoms with Crippen LogP contribution in [0.1, 0.15) is 146 Å². The molecule has 4 aliphatic rings. The van der Waals surface area contributed by atoms with Gasteiger partial charge in [0.1, 0.15) is 12.1 Å². The smallest absolute Gasteiger partial charge is 0.251 e. The quantitative estimate of drug-likeness (QED) is 0.0459. The van der Waals surface area contributed by atoms with Gasteiger partial charge in [-0.25, -0.2) is 0 Å². The number of hydrogen-bond donors (Lipinski definition) is 6. The van der Waals surface area contributed by atoms with Gasteiger partial charge in [0.05, 0.1) is 24.2 Å². The van der Waals surface area contributed by atoms with Crippen molar-refractivity contribution in [2.75, 3.05) is 40.3 Å². The number of aryl methyl sites for hydroxylation is 2. The molecule has 6 amide bonds. The minimum absolute atomic E-state index is 0. The van der Waals surface area contributed by atoms with E-state index in [1.807, 2.05) is 24.3 Å². The Hall–Kier alpha value is -6.46. The molecule has 0 radical (unpaired) electrons. The molecule has 8 atom stereocenters. The van der Waals surface area contributed by atoms with Gasteiger partial charge < -0.3 is 41.7 Å². The van der Waals surface area contributed by atoms with Crippen LogP contribution in [0.15, 0.2) is 97.1 Å². The Labute approximate surface area is 483 Å². The molecule has 0 saturated carbocycles. The summed E-state index contributed by atoms with van der Waals surface area (Å²) < 4.78 is 0. The monoisotopic (exact) mass is 1130 g/mol. The second-order valence-corrected chi connectivity index (χ2v) is 21.7. The first-order valence-corrected chi connectivity index (χ1v) is 28.3. The van der Waals surface area contributed by atoms with E-state index in [-0.39, 0.29) is 110 Å². The maximum absolute atomic E-state index is 14.2. The number of rotatable bonds is 23. The highest BCUT2D eigenvalue weighted by molar-refractivity contribution is 5.98. The third-order valence-electron chi connectivity index (χ3n) is 16.6. The molecule has 2 heterocycles. The van der Waals surface area contributed by atoms with Crippen LogP contribution >= 0.6 is 24.8 Å². The maximum atomic E-state index is 14.2. The molecule has 80 heavy (non-hydrogen) atoms. The average Bonchev–Trinajstić information content (AvgIpc) is 4.18. The van der Waals surface area contributed by atoms with Crippen LogP contribution in [0.2, 0.25) is 0 Å². The summed E-state index contributed by atoms with van der Waals surface area (Å²) in [5.74, 6) is -1.75. The highest BCUT2D eigenvalue weighted by Crippen LogP contribution is 2.37. The summed E-state index contributed by atoms with van der Waals surface area (Å²) in [6, 6.07) is 26.4. The zero-order valence-corrected chi connectivity index (χ0v) is 48.2. The lowest BCUT2D eigenvalue weighted by atomic mass is 9.79. The number of hydrogen-bond acceptors (Lipinski definition) is 10. The van der Waals surface area contributed by atoms with Crippen LogP contribution in [0.4, 0.5) is 0 Å². The normalized spacial score (nSPS) is 19.8. The Balaban J connectivity index is 0.00000516. The van der Waals surface area contributed by atoms with Crippen molar-refractivity contribution >= 4 is 71.8 Å². The van der Waals surface area contributed by atoms with Crippen LogP contribution in [0.25, 0.3) is 11.1 Å². The number of ketones is 2. The minimum Gasteiger partial charge on any atom is -0.352 e. The van der Waals surface area contributed by atoms with E-state index in [1.165, 1.54) is 22.3 Å². The van der Waals surface area contributed by atoms with E-state index >= 15 is 0 Å². The summed E-state index contributed by atoms with van der Waals surface area (Å²) in [5.41, 5.74) is 7.42. The number of nitrogens with one attached hydrogen (secondary N) is 6. The zero-order chi connectivity index (χ0) is 55.3. The van der Waals surface area contributed by atoms with Crippen molar-refractivity contribution < 1.29 is 38.4 Å². The molecule has 430 valence electrons. The predicted octanol–water partition coefficient (Wildman–Crippen LogP) is 6.76. The van der Waals surface area contributed by atoms with Crippen molar-refractivity contribution in [3.8, 4) is 11.1 Å². The largest absolute Gasteiger partial charge is 0.352 e. The van der Waals surface area contributed by atoms with Crippen molar-refractivity contribution in [2.45, 2.75) is 152 Å². The number of fused-ring (bicyclic) bond motifs is 2. The molecular weight excluding hydrogens is 1060 g/mol. The topological polar surface area (TPSA) is 215 Å². The molecule has 8 rings (SSSR count). The molecule has 2 fully saturated rings. The summed E-state index contributed by atoms with van der Waals surface area (Å²) in [7, 11) is 3.32. The van der Waals surface area contributed by atoms with Gasteiger partial charge in [0.25, 0.3) is 11.8 Å². The molecule has 16 nitrogen and oxygen atoms in total. The van der Waals surface area contributed by atoms with Gasteiger partial charge in [-0.05, 0) is 174 Å². The highest BCUT2D eigenvalue weighted by atomic mass is 35.5. The van der Waals surface area contributed by atoms with Crippen LogP contribution in [-0.4, -0.2) is 133 Å². The van der Waals surface area contributed by atoms with Crippen molar-refractivity contribution in [1.29, 1.82) is 0 Å². The summed E-state index contributed by atoms with van der Waals surface area (Å²) in [4.78, 5) is 113. The molecule has 18 heteroatoms. The van der Waals surface area contributed by atoms with Gasteiger partial charge in [-0.3, -0.25) is 38.4 Å². The van der Waals surface area contributed by atoms with Crippen LogP contribution in [0.5, 0.6) is 0 Å². The van der Waals surface area contributed by atoms with E-state index in [0.717, 1.165) is 49.7 Å². The first kappa shape index (κ1) is 62.7. The SMILES string of the molecule is CN[C@@H](C)C(=O)N[C@@H](CCNC(=O)c1ccc(-c2ccc(C(=O)NCC[C@H](NC(=O)[C@H](C)NC)C(=O)N3CCC[C@H]3C(=O)C[C@@H]3CCCc4ccccc43)cc2)cc1)C(=O)N1CCC[C@H]1C(=O)C[C@@H]1CCCc2ccccc21.Cl.Cl. The van der Waals surface area contributed by atoms with Crippen molar-refractivity contribution in [3.05, 3.63) is 130 Å². The van der Waals surface area contributed by atoms with E-state index in [9.17, 15) is 38.4 Å². The van der Waals surface area contributed by atoms with Gasteiger partial charge in [-0.1, -0.05) is 72.8 Å². The van der Waals surface area contributed by atoms with E-state index in [0.29, 0.717) is 62.7 Å². The van der Waals surface area contributed by atoms with Gasteiger partial charge in [0, 0.05) is 50.1 Å². The van der Waals surface area contributed by atoms with Crippen molar-refractivity contribution in [3.63, 3.8) is 0 Å². The van der Waals surface area contributed by atoms with E-state index < -0.39 is 36.3 Å². The summed E-state index contributed by atoms with van der Waals surface area (Å²) in [6.07, 6.45) is 9.44. The second-order valence-electron chi connectivity index (χ2n) is 21.7. The number of carbonyl (C=O) groups is 8. The van der Waals surface area contributed by atoms with Crippen molar-refractivity contribution in [2.24, 2.45) is 0 Å². The lowest BCUT2D eigenvalue weighted by Gasteiger charge is -2.31. The maximum Gasteiger partial charge on any atom is 0.251 e. The number of nitrogens with zero attached hydrogens (tertiary/aromatic N) is 2. The summed E-state index contributed by atoms with van der Waals surface area (Å²) in [6.45, 7) is 4.43. The number of halogens is 2. The van der Waals surface area contributed by atoms with Crippen LogP contribution in [0.3, 0.4) is 0 Å². The highest BCUT2D eigenvalue weighted by Gasteiger charge is 2.41. The van der Waals surface area contributed by atoms with Gasteiger partial charge in [-0.2, -0.15) is 0 Å². The van der Waals surface area contributed by atoms with Gasteiger partial charge >= 0.3 is 0 Å². The predicted molar refractivity (Wildman–Crippen MR) is 314 cm³/mol. The zero-order valence-electron chi connectivity index (χ0n) is 46.6. The fourth-order valence-corrected chi connectivity index (χ4v) is 11.9. The Morgan fingerprint density at radius 2 is 0.875 bits per heavy atom. The Morgan fingerprint density at radius 3 is 1.25 bits per heavy atom. The molecule has 0 bridgehead atoms. The number of likely N-dealkylation sites (N-methyl/N-ethyl adjacent to an activating group) is 2. The molecule has 0 spiro atoms. The fraction of sp³-hybridized carbons (Fsp3) is 0.484. The Morgan fingerprint density at radius 1 is 0.500 bits per heavy atom. The van der Waals surface area contributed by atoms with Crippen LogP contribution in [0, 0.1) is 0 Å². The molecule has 2 aliphatic carbocycles. The van der Waals surface area contributed by atoms with Gasteiger partial charge in [0.15, 0.2) is 11.6 Å². The number of amides is 6. The standard InChI is InChI=1S/C62H78N8O8.2ClH/c1-39(63-3)57(73)67-51(61(77)69-35-11-21-53(69)55(71)37-47-17-9-15-43-13-5-7-19-49(43)47)31-33-65-59(75)45-27-23-41(24-28-45)42-25-29-46(30-26-42)60(76)66-34-32-52(68-58(74)40(2)64-4)62(78)70-36-12-22-54(70)56(72)38-48-18-10-16-44-14-6-8-20-50(44)48;;/h5-8,13-14,19-20,23-30,39-40,47-48,51-54,63-64H,9-12,15-18,21-22,31-38H2,1-4H3,(H,65,75)(H,66,76)(H,67,73)(H,68,74);2*1H/t39-,40-,47-,48-,51-,52-,53-,54-;;/m0../s1. The lowest BCUT2D eigenvalue weighted by Crippen LogP contribution is -2.55. The molecule has 2 aliphatic heterocycles. The lowest BCUT2D eigenvalue weighted by molar-refractivity contribution is -0.141. The summed E-state index contributed by atoms with van der Waals surface area (Å²) in [5, 5.41) is 17.4. The van der Waals surface area contributed by atoms with Crippen LogP contribution in [-0.2, 0) is 41.6 Å². The average molecular weight is 1140 g/mol. The molecule has 6 N–H and O–H groups in total. The van der Waals surface area contributed by atoms with E-state index in [1.54, 1.807) is 86.3 Å². The third-order valence-corrected chi connectivity index (χ3v) is 16.6. The Kier molecular flexibility index (Phi) is 23.4. The number of Topliss-reactive ketones (excluding diaryl/α,β-unsaturated/α-hetero) is 2. The van der Waals surface area contributed by atoms with Gasteiger partial charge in [-0.15, -0.1) is 24.8 Å². The fourth-order valence-electron chi connectivity index (χ4n) is 11.9. The first-order valence-electron chi connectivity index (χ1n) is 28.3. The number of benzene rings is 4. The third kappa shape index (κ3) is 15.5. The molecule has 4 aromatic carbocycles. The van der Waals surface area contributed by atoms with Gasteiger partial charge in [0.2, 0.25) is 23.6 Å². The second kappa shape index (κ2) is 29.8. The van der Waals surface area contributed by atoms with Crippen molar-refractivity contribution in [1.82, 2.24) is 41.7 Å².